The normalized spacial score (nSPS) is 31.4. The lowest BCUT2D eigenvalue weighted by Gasteiger charge is -2.54. The average molecular weight is 1560 g/mol. The van der Waals surface area contributed by atoms with Gasteiger partial charge >= 0.3 is 12.4 Å². The van der Waals surface area contributed by atoms with Crippen molar-refractivity contribution in [3.63, 3.8) is 0 Å². The summed E-state index contributed by atoms with van der Waals surface area (Å²) < 4.78 is 121. The minimum atomic E-state index is -5.22. The van der Waals surface area contributed by atoms with Crippen LogP contribution < -0.4 is 16.0 Å². The molecule has 6 rings (SSSR count). The molecule has 25 nitrogen and oxygen atoms in total. The van der Waals surface area contributed by atoms with E-state index in [0.717, 1.165) is 29.4 Å². The zero-order chi connectivity index (χ0) is 81.9. The first-order chi connectivity index (χ1) is 50.8. The Morgan fingerprint density at radius 2 is 1.24 bits per heavy atom. The van der Waals surface area contributed by atoms with E-state index in [1.54, 1.807) is 53.7 Å². The Morgan fingerprint density at radius 1 is 0.633 bits per heavy atom. The SMILES string of the molecule is CCC[C@H]1C(=O)N[C@@H]([C@@H](C)CC)C(=O)N(C)CC(=O)N(C)[C@H]2C/C=C\CCN(C2=O)[C@@H](CC2CCC(C(F)(F)F)CC2)C(=O)N(C)CC(=O)N[C@@H](CCC2CC(F)C(C(F)(F)F)C(F)C2)C(=O)N2C[C@H](OCC)C[C@H]2C(=O)NC2(CC(C)(C)C2)C(=O)N(C)[C@@H](C(CC)CC)C(=O)N(C)[C@H](C(=O)N(C)C)CC(=O)N1C. The van der Waals surface area contributed by atoms with E-state index in [0.29, 0.717) is 25.7 Å². The van der Waals surface area contributed by atoms with Gasteiger partial charge in [-0.3, -0.25) is 57.5 Å². The number of rotatable bonds is 15. The molecule has 3 heterocycles. The van der Waals surface area contributed by atoms with Gasteiger partial charge in [0, 0.05) is 82.5 Å². The third-order valence-corrected chi connectivity index (χ3v) is 23.8. The molecule has 2 unspecified atom stereocenters. The molecule has 0 aromatic heterocycles. The second-order valence-corrected chi connectivity index (χ2v) is 32.5. The molecule has 0 aromatic rings. The smallest absolute Gasteiger partial charge is 0.377 e. The first kappa shape index (κ1) is 90.7. The van der Waals surface area contributed by atoms with E-state index in [1.807, 2.05) is 13.8 Å². The van der Waals surface area contributed by atoms with Crippen LogP contribution in [0.25, 0.3) is 0 Å². The molecule has 109 heavy (non-hydrogen) atoms. The minimum Gasteiger partial charge on any atom is -0.377 e. The fourth-order valence-electron chi connectivity index (χ4n) is 17.3. The van der Waals surface area contributed by atoms with Crippen LogP contribution in [0.5, 0.6) is 0 Å². The van der Waals surface area contributed by atoms with E-state index in [9.17, 15) is 55.1 Å². The molecule has 2 bridgehead atoms. The maximum Gasteiger partial charge on any atom is 0.397 e. The van der Waals surface area contributed by atoms with Gasteiger partial charge in [0.2, 0.25) is 70.9 Å². The summed E-state index contributed by atoms with van der Waals surface area (Å²) in [5, 5.41) is 8.42. The highest BCUT2D eigenvalue weighted by atomic mass is 19.4. The number of fused-ring (bicyclic) bond motifs is 3. The lowest BCUT2D eigenvalue weighted by atomic mass is 9.58. The number of ether oxygens (including phenoxy) is 1. The maximum absolute atomic E-state index is 15.7. The summed E-state index contributed by atoms with van der Waals surface area (Å²) in [6.45, 7) is 12.3. The summed E-state index contributed by atoms with van der Waals surface area (Å²) in [5.74, 6) is -17.1. The quantitative estimate of drug-likeness (QED) is 0.110. The zero-order valence-electron chi connectivity index (χ0n) is 66.5. The van der Waals surface area contributed by atoms with Gasteiger partial charge in [-0.25, -0.2) is 8.78 Å². The van der Waals surface area contributed by atoms with Crippen LogP contribution in [0.2, 0.25) is 0 Å². The summed E-state index contributed by atoms with van der Waals surface area (Å²) in [5.41, 5.74) is -2.40. The van der Waals surface area contributed by atoms with Gasteiger partial charge in [-0.2, -0.15) is 26.3 Å². The van der Waals surface area contributed by atoms with Crippen molar-refractivity contribution >= 4 is 70.9 Å². The van der Waals surface area contributed by atoms with E-state index in [1.165, 1.54) is 71.1 Å². The van der Waals surface area contributed by atoms with Crippen molar-refractivity contribution < 1.29 is 97.4 Å². The van der Waals surface area contributed by atoms with E-state index in [4.69, 9.17) is 4.74 Å². The fourth-order valence-corrected chi connectivity index (χ4v) is 17.3. The van der Waals surface area contributed by atoms with E-state index >= 15 is 37.5 Å². The van der Waals surface area contributed by atoms with Gasteiger partial charge in [0.05, 0.1) is 31.5 Å². The first-order valence-corrected chi connectivity index (χ1v) is 38.8. The third-order valence-electron chi connectivity index (χ3n) is 23.8. The molecular weight excluding hydrogens is 1440 g/mol. The molecule has 618 valence electrons. The predicted molar refractivity (Wildman–Crippen MR) is 388 cm³/mol. The van der Waals surface area contributed by atoms with Gasteiger partial charge in [0.15, 0.2) is 0 Å². The number of likely N-dealkylation sites (N-methyl/N-ethyl adjacent to an activating group) is 7. The maximum atomic E-state index is 15.7. The molecule has 0 aromatic carbocycles. The number of nitrogens with one attached hydrogen (secondary N) is 3. The van der Waals surface area contributed by atoms with Gasteiger partial charge in [-0.1, -0.05) is 86.3 Å². The molecule has 12 atom stereocenters. The lowest BCUT2D eigenvalue weighted by molar-refractivity contribution is -0.219. The van der Waals surface area contributed by atoms with Crippen molar-refractivity contribution in [1.29, 1.82) is 0 Å². The van der Waals surface area contributed by atoms with Crippen molar-refractivity contribution in [3.8, 4) is 0 Å². The van der Waals surface area contributed by atoms with Crippen molar-refractivity contribution in [2.45, 2.75) is 268 Å². The number of halogens is 8. The summed E-state index contributed by atoms with van der Waals surface area (Å²) in [6, 6.07) is -11.5. The monoisotopic (exact) mass is 1560 g/mol. The van der Waals surface area contributed by atoms with Crippen molar-refractivity contribution in [2.75, 3.05) is 89.2 Å². The Balaban J connectivity index is 1.50. The third kappa shape index (κ3) is 22.1. The number of hydrogen-bond acceptors (Lipinski definition) is 13. The first-order valence-electron chi connectivity index (χ1n) is 38.8. The zero-order valence-corrected chi connectivity index (χ0v) is 66.5. The fraction of sp³-hybridized carbons (Fsp3) is 0.816. The van der Waals surface area contributed by atoms with Gasteiger partial charge < -0.3 is 64.8 Å². The van der Waals surface area contributed by atoms with Gasteiger partial charge in [-0.15, -0.1) is 0 Å². The Labute approximate surface area is 636 Å². The summed E-state index contributed by atoms with van der Waals surface area (Å²) in [6.07, 6.45) is -15.2. The number of amides is 12. The van der Waals surface area contributed by atoms with Crippen LogP contribution in [-0.2, 0) is 62.3 Å². The second-order valence-electron chi connectivity index (χ2n) is 32.5. The number of alkyl halides is 8. The predicted octanol–water partition coefficient (Wildman–Crippen LogP) is 6.99. The minimum absolute atomic E-state index is 0.00484. The lowest BCUT2D eigenvalue weighted by Crippen LogP contribution is -2.71. The Morgan fingerprint density at radius 3 is 1.78 bits per heavy atom. The Bertz CT molecular complexity index is 3240. The topological polar surface area (TPSA) is 279 Å². The van der Waals surface area contributed by atoms with Gasteiger partial charge in [0.25, 0.3) is 0 Å². The van der Waals surface area contributed by atoms with Crippen LogP contribution >= 0.6 is 0 Å². The van der Waals surface area contributed by atoms with Crippen LogP contribution in [0.4, 0.5) is 35.1 Å². The van der Waals surface area contributed by atoms with Crippen LogP contribution in [0, 0.1) is 40.9 Å². The van der Waals surface area contributed by atoms with Crippen molar-refractivity contribution in [2.24, 2.45) is 40.9 Å². The summed E-state index contributed by atoms with van der Waals surface area (Å²) in [4.78, 5) is 192. The van der Waals surface area contributed by atoms with Crippen molar-refractivity contribution in [1.82, 2.24) is 60.0 Å². The molecule has 3 saturated carbocycles. The largest absolute Gasteiger partial charge is 0.397 e. The molecule has 6 aliphatic rings. The standard InChI is InChI=1S/C76H120F8N12O13/c1-17-25-53-64(100)86-62(44(6)18-2)70(106)90(12)41-60(99)92(14)54-26-23-22-24-33-95(69(54)105)57(36-45-27-30-48(31-28-45)75(79,80)81)68(104)89(11)40-58(97)85-52(32-29-46-34-50(77)61(51(78)35-46)76(82,83)84)66(102)96-39-49(109-21-5)37-55(96)65(101)87-74(42-73(7,8)43-74)72(108)94(16)63(47(19-3)20-4)71(107)93(15)56(67(103)88(9)10)38-59(98)91(53)13/h22-23,44-57,61-63H,17-21,24-43H2,1-16H3,(H,85,97)(H,86,100)(H,87,101)/b23-22-/t44-,45?,46?,48?,49+,50?,51?,52-,53-,54-,55-,56-,57-,61?,62-,63-/m0/s1. The van der Waals surface area contributed by atoms with Gasteiger partial charge in [0.1, 0.15) is 72.1 Å². The molecule has 33 heteroatoms. The molecule has 2 saturated heterocycles. The summed E-state index contributed by atoms with van der Waals surface area (Å²) in [7, 11) is 10.8. The molecule has 5 fully saturated rings. The molecular formula is C76H120F8N12O13. The van der Waals surface area contributed by atoms with E-state index in [-0.39, 0.29) is 96.7 Å². The van der Waals surface area contributed by atoms with E-state index in [2.05, 4.69) is 16.0 Å². The highest BCUT2D eigenvalue weighted by Gasteiger charge is 2.60. The second kappa shape index (κ2) is 38.3. The van der Waals surface area contributed by atoms with Crippen LogP contribution in [0.1, 0.15) is 184 Å². The number of nitrogens with zero attached hydrogens (tertiary/aromatic N) is 9. The molecule has 1 spiro atoms. The number of hydrogen-bond donors (Lipinski definition) is 3. The Hall–Kier alpha value is -7.22. The molecule has 3 N–H and O–H groups in total. The molecule has 0 radical (unpaired) electrons. The molecule has 3 aliphatic heterocycles. The Kier molecular flexibility index (Phi) is 31.9. The highest BCUT2D eigenvalue weighted by Crippen LogP contribution is 2.50. The average Bonchev–Trinajstić information content (AvgIpc) is 1.30. The molecule has 12 amide bonds. The van der Waals surface area contributed by atoms with Gasteiger partial charge in [-0.05, 0) is 126 Å². The van der Waals surface area contributed by atoms with Crippen LogP contribution in [0.3, 0.4) is 0 Å². The summed E-state index contributed by atoms with van der Waals surface area (Å²) >= 11 is 0. The number of carbonyl (C=O) groups excluding carboxylic acids is 12. The number of carbonyl (C=O) groups is 12. The van der Waals surface area contributed by atoms with Crippen LogP contribution in [-0.4, -0.2) is 289 Å². The van der Waals surface area contributed by atoms with E-state index < -0.39 is 235 Å². The highest BCUT2D eigenvalue weighted by molar-refractivity contribution is 6.01. The van der Waals surface area contributed by atoms with Crippen molar-refractivity contribution in [3.05, 3.63) is 12.2 Å². The van der Waals surface area contributed by atoms with Crippen LogP contribution in [0.15, 0.2) is 12.2 Å². The molecule has 3 aliphatic carbocycles.